The molecule has 0 spiro atoms. The number of rotatable bonds is 8. The standard InChI is InChI=1S/C33H40N6O3/c1-22-16-26(17-27-21-39(9-8-28(22)27)11-10-38-12-14-42-15-13-38)30-19-35-32-31(36-30)29(18-34-32)24-4-6-25(7-5-24)33(41)37(3)20-23(2)40/h4-7,16-19,23,40H,8-15,20-21H2,1-3H3,(H,34,35). The third kappa shape index (κ3) is 6.10. The molecule has 6 rings (SSSR count). The molecule has 0 radical (unpaired) electrons. The second kappa shape index (κ2) is 12.3. The fourth-order valence-electron chi connectivity index (χ4n) is 6.17. The first-order valence-electron chi connectivity index (χ1n) is 14.9. The maximum atomic E-state index is 12.7. The number of morpholine rings is 1. The molecule has 2 aliphatic heterocycles. The van der Waals surface area contributed by atoms with Gasteiger partial charge in [-0.15, -0.1) is 0 Å². The predicted octanol–water partition coefficient (Wildman–Crippen LogP) is 3.74. The summed E-state index contributed by atoms with van der Waals surface area (Å²) in [4.78, 5) is 32.4. The maximum Gasteiger partial charge on any atom is 0.253 e. The molecule has 0 saturated carbocycles. The number of hydrogen-bond donors (Lipinski definition) is 2. The van der Waals surface area contributed by atoms with E-state index in [1.165, 1.54) is 21.6 Å². The Labute approximate surface area is 247 Å². The second-order valence-electron chi connectivity index (χ2n) is 11.7. The van der Waals surface area contributed by atoms with Gasteiger partial charge in [0.25, 0.3) is 5.91 Å². The van der Waals surface area contributed by atoms with Crippen LogP contribution in [0.15, 0.2) is 48.8 Å². The summed E-state index contributed by atoms with van der Waals surface area (Å²) in [7, 11) is 1.70. The van der Waals surface area contributed by atoms with Crippen molar-refractivity contribution in [1.29, 1.82) is 0 Å². The predicted molar refractivity (Wildman–Crippen MR) is 164 cm³/mol. The van der Waals surface area contributed by atoms with E-state index in [2.05, 4.69) is 33.8 Å². The van der Waals surface area contributed by atoms with E-state index in [0.29, 0.717) is 5.56 Å². The number of fused-ring (bicyclic) bond motifs is 2. The third-order valence-electron chi connectivity index (χ3n) is 8.48. The number of nitrogens with zero attached hydrogens (tertiary/aromatic N) is 5. The van der Waals surface area contributed by atoms with Gasteiger partial charge in [-0.1, -0.05) is 12.1 Å². The zero-order chi connectivity index (χ0) is 29.2. The summed E-state index contributed by atoms with van der Waals surface area (Å²) in [5.74, 6) is -0.120. The number of aliphatic hydroxyl groups is 1. The van der Waals surface area contributed by atoms with Gasteiger partial charge < -0.3 is 19.7 Å². The van der Waals surface area contributed by atoms with Gasteiger partial charge in [-0.3, -0.25) is 14.6 Å². The summed E-state index contributed by atoms with van der Waals surface area (Å²) in [6.07, 6.45) is 4.28. The summed E-state index contributed by atoms with van der Waals surface area (Å²) >= 11 is 0. The zero-order valence-electron chi connectivity index (χ0n) is 24.8. The van der Waals surface area contributed by atoms with Gasteiger partial charge >= 0.3 is 0 Å². The molecule has 2 aliphatic rings. The summed E-state index contributed by atoms with van der Waals surface area (Å²) in [5.41, 5.74) is 10.1. The Hall–Kier alpha value is -3.63. The second-order valence-corrected chi connectivity index (χ2v) is 11.7. The number of carbonyl (C=O) groups is 1. The van der Waals surface area contributed by atoms with E-state index in [0.717, 1.165) is 92.5 Å². The minimum atomic E-state index is -0.574. The lowest BCUT2D eigenvalue weighted by Gasteiger charge is -2.33. The molecule has 220 valence electrons. The fourth-order valence-corrected chi connectivity index (χ4v) is 6.17. The Kier molecular flexibility index (Phi) is 8.35. The van der Waals surface area contributed by atoms with Gasteiger partial charge in [-0.05, 0) is 66.8 Å². The minimum Gasteiger partial charge on any atom is -0.392 e. The summed E-state index contributed by atoms with van der Waals surface area (Å²) in [6.45, 7) is 12.1. The Morgan fingerprint density at radius 1 is 1.10 bits per heavy atom. The summed E-state index contributed by atoms with van der Waals surface area (Å²) < 4.78 is 5.50. The number of benzene rings is 2. The topological polar surface area (TPSA) is 97.8 Å². The van der Waals surface area contributed by atoms with Crippen molar-refractivity contribution in [1.82, 2.24) is 29.7 Å². The molecule has 2 N–H and O–H groups in total. The van der Waals surface area contributed by atoms with Crippen molar-refractivity contribution in [3.05, 3.63) is 71.0 Å². The molecule has 9 heteroatoms. The molecule has 9 nitrogen and oxygen atoms in total. The summed E-state index contributed by atoms with van der Waals surface area (Å²) in [6, 6.07) is 12.1. The van der Waals surface area contributed by atoms with Crippen molar-refractivity contribution in [3.63, 3.8) is 0 Å². The smallest absolute Gasteiger partial charge is 0.253 e. The molecule has 1 fully saturated rings. The van der Waals surface area contributed by atoms with Crippen LogP contribution in [-0.4, -0.2) is 106 Å². The van der Waals surface area contributed by atoms with E-state index in [1.54, 1.807) is 14.0 Å². The molecule has 4 aromatic rings. The lowest BCUT2D eigenvalue weighted by molar-refractivity contribution is 0.0326. The molecule has 1 amide bonds. The van der Waals surface area contributed by atoms with Crippen LogP contribution in [0.5, 0.6) is 0 Å². The van der Waals surface area contributed by atoms with E-state index in [-0.39, 0.29) is 12.5 Å². The van der Waals surface area contributed by atoms with E-state index in [4.69, 9.17) is 14.7 Å². The average molecular weight is 569 g/mol. The van der Waals surface area contributed by atoms with Crippen molar-refractivity contribution in [3.8, 4) is 22.4 Å². The first kappa shape index (κ1) is 28.5. The van der Waals surface area contributed by atoms with Gasteiger partial charge in [0, 0.05) is 75.7 Å². The highest BCUT2D eigenvalue weighted by atomic mass is 16.5. The van der Waals surface area contributed by atoms with E-state index >= 15 is 0 Å². The third-order valence-corrected chi connectivity index (χ3v) is 8.48. The van der Waals surface area contributed by atoms with E-state index in [9.17, 15) is 9.90 Å². The minimum absolute atomic E-state index is 0.120. The Balaban J connectivity index is 1.22. The number of ether oxygens (including phenoxy) is 1. The number of aromatic nitrogens is 3. The largest absolute Gasteiger partial charge is 0.392 e. The molecule has 42 heavy (non-hydrogen) atoms. The highest BCUT2D eigenvalue weighted by Crippen LogP contribution is 2.32. The number of H-pyrrole nitrogens is 1. The lowest BCUT2D eigenvalue weighted by atomic mass is 9.92. The molecule has 1 atom stereocenters. The number of aryl methyl sites for hydroxylation is 1. The molecule has 0 bridgehead atoms. The normalized spacial score (nSPS) is 16.9. The van der Waals surface area contributed by atoms with Crippen LogP contribution in [-0.2, 0) is 17.7 Å². The van der Waals surface area contributed by atoms with Gasteiger partial charge in [0.15, 0.2) is 5.65 Å². The number of carbonyl (C=O) groups excluding carboxylic acids is 1. The van der Waals surface area contributed by atoms with Crippen molar-refractivity contribution in [2.45, 2.75) is 32.9 Å². The Bertz CT molecular complexity index is 1560. The molecule has 1 unspecified atom stereocenters. The molecule has 1 saturated heterocycles. The highest BCUT2D eigenvalue weighted by molar-refractivity contribution is 5.96. The quantitative estimate of drug-likeness (QED) is 0.334. The Morgan fingerprint density at radius 2 is 1.86 bits per heavy atom. The average Bonchev–Trinajstić information content (AvgIpc) is 3.43. The molecular formula is C33H40N6O3. The molecular weight excluding hydrogens is 528 g/mol. The van der Waals surface area contributed by atoms with Gasteiger partial charge in [-0.25, -0.2) is 9.97 Å². The van der Waals surface area contributed by atoms with Crippen LogP contribution in [0.25, 0.3) is 33.5 Å². The van der Waals surface area contributed by atoms with Crippen molar-refractivity contribution in [2.75, 3.05) is 59.5 Å². The maximum absolute atomic E-state index is 12.7. The van der Waals surface area contributed by atoms with Crippen molar-refractivity contribution >= 4 is 17.1 Å². The number of hydrogen-bond acceptors (Lipinski definition) is 7. The van der Waals surface area contributed by atoms with Crippen LogP contribution in [0.3, 0.4) is 0 Å². The van der Waals surface area contributed by atoms with Crippen LogP contribution in [0.2, 0.25) is 0 Å². The molecule has 0 aliphatic carbocycles. The Morgan fingerprint density at radius 3 is 2.62 bits per heavy atom. The van der Waals surface area contributed by atoms with Crippen molar-refractivity contribution < 1.29 is 14.6 Å². The van der Waals surface area contributed by atoms with Crippen LogP contribution in [0.4, 0.5) is 0 Å². The van der Waals surface area contributed by atoms with Gasteiger partial charge in [-0.2, -0.15) is 0 Å². The zero-order valence-corrected chi connectivity index (χ0v) is 24.8. The molecule has 4 heterocycles. The van der Waals surface area contributed by atoms with E-state index in [1.807, 2.05) is 36.7 Å². The number of aromatic amines is 1. The number of nitrogens with one attached hydrogen (secondary N) is 1. The van der Waals surface area contributed by atoms with Crippen LogP contribution in [0.1, 0.15) is 34.0 Å². The first-order valence-corrected chi connectivity index (χ1v) is 14.9. The van der Waals surface area contributed by atoms with E-state index < -0.39 is 6.10 Å². The highest BCUT2D eigenvalue weighted by Gasteiger charge is 2.21. The van der Waals surface area contributed by atoms with Crippen LogP contribution in [0, 0.1) is 6.92 Å². The lowest BCUT2D eigenvalue weighted by Crippen LogP contribution is -2.42. The molecule has 2 aromatic carbocycles. The monoisotopic (exact) mass is 568 g/mol. The first-order chi connectivity index (χ1) is 20.4. The summed E-state index contributed by atoms with van der Waals surface area (Å²) in [5, 5.41) is 9.63. The fraction of sp³-hybridized carbons (Fsp3) is 0.424. The number of amides is 1. The molecule has 2 aromatic heterocycles. The number of aliphatic hydroxyl groups excluding tert-OH is 1. The van der Waals surface area contributed by atoms with Gasteiger partial charge in [0.1, 0.15) is 5.52 Å². The van der Waals surface area contributed by atoms with Gasteiger partial charge in [0.2, 0.25) is 0 Å². The van der Waals surface area contributed by atoms with Crippen LogP contribution < -0.4 is 0 Å². The SMILES string of the molecule is Cc1cc(-c2cnc3[nH]cc(-c4ccc(C(=O)N(C)CC(C)O)cc4)c3n2)cc2c1CCN(CCN1CCOCC1)C2. The van der Waals surface area contributed by atoms with Gasteiger partial charge in [0.05, 0.1) is 31.2 Å². The van der Waals surface area contributed by atoms with Crippen LogP contribution >= 0.6 is 0 Å². The van der Waals surface area contributed by atoms with Crippen molar-refractivity contribution in [2.24, 2.45) is 0 Å². The number of likely N-dealkylation sites (N-methyl/N-ethyl adjacent to an activating group) is 1.